The van der Waals surface area contributed by atoms with Gasteiger partial charge in [-0.3, -0.25) is 14.6 Å². The number of carbonyl (C=O) groups is 1. The molecule has 0 aliphatic carbocycles. The van der Waals surface area contributed by atoms with Crippen LogP contribution in [0.5, 0.6) is 5.75 Å². The number of aliphatic hydroxyl groups is 1. The fourth-order valence-corrected chi connectivity index (χ4v) is 4.53. The van der Waals surface area contributed by atoms with Crippen LogP contribution >= 0.6 is 0 Å². The standard InChI is InChI=1S/C25H34N4O4/c1-27(15-19-3-9-22(32-2)10-4-19)23-16-28(17-24(23)30)18-25(31)26-20-5-7-21(8-6-20)29-11-13-33-14-12-29/h3-10,23-24,30H,11-18H2,1-2H3,(H,26,31)/t23-,24-/m0/s1. The number of nitrogens with zero attached hydrogens (tertiary/aromatic N) is 3. The Labute approximate surface area is 195 Å². The van der Waals surface area contributed by atoms with Crippen molar-refractivity contribution < 1.29 is 19.4 Å². The van der Waals surface area contributed by atoms with Crippen molar-refractivity contribution >= 4 is 17.3 Å². The molecule has 2 N–H and O–H groups in total. The largest absolute Gasteiger partial charge is 0.497 e. The molecule has 2 aromatic carbocycles. The van der Waals surface area contributed by atoms with E-state index in [4.69, 9.17) is 9.47 Å². The maximum absolute atomic E-state index is 12.6. The van der Waals surface area contributed by atoms with Crippen molar-refractivity contribution in [2.75, 3.05) is 70.3 Å². The molecule has 8 nitrogen and oxygen atoms in total. The van der Waals surface area contributed by atoms with Crippen LogP contribution in [0.2, 0.25) is 0 Å². The third kappa shape index (κ3) is 6.23. The van der Waals surface area contributed by atoms with Crippen LogP contribution in [0.1, 0.15) is 5.56 Å². The average molecular weight is 455 g/mol. The summed E-state index contributed by atoms with van der Waals surface area (Å²) in [6.45, 7) is 5.38. The Kier molecular flexibility index (Phi) is 7.82. The molecule has 0 spiro atoms. The third-order valence-electron chi connectivity index (χ3n) is 6.39. The zero-order chi connectivity index (χ0) is 23.2. The molecule has 0 aromatic heterocycles. The number of ether oxygens (including phenoxy) is 2. The highest BCUT2D eigenvalue weighted by Crippen LogP contribution is 2.21. The second-order valence-corrected chi connectivity index (χ2v) is 8.79. The van der Waals surface area contributed by atoms with Gasteiger partial charge in [0.25, 0.3) is 0 Å². The normalized spacial score (nSPS) is 21.4. The number of nitrogens with one attached hydrogen (secondary N) is 1. The van der Waals surface area contributed by atoms with E-state index in [1.165, 1.54) is 0 Å². The topological polar surface area (TPSA) is 77.5 Å². The van der Waals surface area contributed by atoms with Crippen LogP contribution < -0.4 is 15.0 Å². The molecular formula is C25H34N4O4. The summed E-state index contributed by atoms with van der Waals surface area (Å²) in [5, 5.41) is 13.6. The molecule has 2 heterocycles. The lowest BCUT2D eigenvalue weighted by atomic mass is 10.1. The van der Waals surface area contributed by atoms with Crippen molar-refractivity contribution in [1.82, 2.24) is 9.80 Å². The lowest BCUT2D eigenvalue weighted by Crippen LogP contribution is -2.40. The number of hydrogen-bond donors (Lipinski definition) is 2. The summed E-state index contributed by atoms with van der Waals surface area (Å²) in [5.41, 5.74) is 3.08. The van der Waals surface area contributed by atoms with Gasteiger partial charge in [-0.25, -0.2) is 0 Å². The van der Waals surface area contributed by atoms with E-state index in [0.717, 1.165) is 55.5 Å². The number of carbonyl (C=O) groups excluding carboxylic acids is 1. The number of methoxy groups -OCH3 is 1. The first-order chi connectivity index (χ1) is 16.0. The van der Waals surface area contributed by atoms with Crippen molar-refractivity contribution in [2.24, 2.45) is 0 Å². The van der Waals surface area contributed by atoms with Crippen LogP contribution in [0, 0.1) is 0 Å². The number of rotatable bonds is 8. The molecule has 1 amide bonds. The molecule has 2 aromatic rings. The fourth-order valence-electron chi connectivity index (χ4n) is 4.53. The molecule has 0 bridgehead atoms. The van der Waals surface area contributed by atoms with Crippen molar-refractivity contribution in [3.05, 3.63) is 54.1 Å². The van der Waals surface area contributed by atoms with Crippen molar-refractivity contribution in [1.29, 1.82) is 0 Å². The minimum Gasteiger partial charge on any atom is -0.497 e. The predicted octanol–water partition coefficient (Wildman–Crippen LogP) is 1.65. The van der Waals surface area contributed by atoms with Gasteiger partial charge in [0.1, 0.15) is 5.75 Å². The van der Waals surface area contributed by atoms with Gasteiger partial charge in [-0.1, -0.05) is 12.1 Å². The first kappa shape index (κ1) is 23.5. The van der Waals surface area contributed by atoms with Gasteiger partial charge >= 0.3 is 0 Å². The maximum atomic E-state index is 12.6. The summed E-state index contributed by atoms with van der Waals surface area (Å²) in [7, 11) is 3.67. The molecule has 4 rings (SSSR count). The first-order valence-electron chi connectivity index (χ1n) is 11.5. The van der Waals surface area contributed by atoms with Crippen molar-refractivity contribution in [3.8, 4) is 5.75 Å². The third-order valence-corrected chi connectivity index (χ3v) is 6.39. The number of hydrogen-bond acceptors (Lipinski definition) is 7. The molecule has 2 atom stereocenters. The molecule has 2 fully saturated rings. The summed E-state index contributed by atoms with van der Waals surface area (Å²) in [6.07, 6.45) is -0.492. The Hall–Kier alpha value is -2.65. The smallest absolute Gasteiger partial charge is 0.238 e. The molecule has 0 saturated carbocycles. The minimum atomic E-state index is -0.492. The van der Waals surface area contributed by atoms with E-state index in [1.807, 2.05) is 60.5 Å². The van der Waals surface area contributed by atoms with Gasteiger partial charge < -0.3 is 24.8 Å². The number of benzene rings is 2. The quantitative estimate of drug-likeness (QED) is 0.628. The minimum absolute atomic E-state index is 0.0206. The molecule has 2 aliphatic rings. The second kappa shape index (κ2) is 11.0. The van der Waals surface area contributed by atoms with Gasteiger partial charge in [-0.15, -0.1) is 0 Å². The molecule has 178 valence electrons. The summed E-state index contributed by atoms with van der Waals surface area (Å²) in [5.74, 6) is 0.759. The molecule has 2 aliphatic heterocycles. The van der Waals surface area contributed by atoms with Gasteiger partial charge in [0.05, 0.1) is 33.0 Å². The lowest BCUT2D eigenvalue weighted by molar-refractivity contribution is -0.117. The second-order valence-electron chi connectivity index (χ2n) is 8.79. The molecule has 0 unspecified atom stereocenters. The van der Waals surface area contributed by atoms with Gasteiger partial charge in [0, 0.05) is 50.1 Å². The van der Waals surface area contributed by atoms with Gasteiger partial charge in [0.2, 0.25) is 5.91 Å². The Morgan fingerprint density at radius 2 is 1.82 bits per heavy atom. The van der Waals surface area contributed by atoms with E-state index in [9.17, 15) is 9.90 Å². The monoisotopic (exact) mass is 454 g/mol. The molecule has 33 heavy (non-hydrogen) atoms. The summed E-state index contributed by atoms with van der Waals surface area (Å²) in [6, 6.07) is 15.9. The number of anilines is 2. The average Bonchev–Trinajstić information content (AvgIpc) is 3.20. The number of likely N-dealkylation sites (N-methyl/N-ethyl adjacent to an activating group) is 1. The SMILES string of the molecule is COc1ccc(CN(C)[C@H]2CN(CC(=O)Nc3ccc(N4CCOCC4)cc3)C[C@@H]2O)cc1. The highest BCUT2D eigenvalue weighted by molar-refractivity contribution is 5.92. The highest BCUT2D eigenvalue weighted by Gasteiger charge is 2.34. The van der Waals surface area contributed by atoms with Crippen LogP contribution in [0.15, 0.2) is 48.5 Å². The van der Waals surface area contributed by atoms with E-state index in [2.05, 4.69) is 15.1 Å². The van der Waals surface area contributed by atoms with Crippen molar-refractivity contribution in [3.63, 3.8) is 0 Å². The summed E-state index contributed by atoms with van der Waals surface area (Å²) in [4.78, 5) is 19.0. The van der Waals surface area contributed by atoms with Gasteiger partial charge in [-0.05, 0) is 49.0 Å². The Bertz CT molecular complexity index is 900. The van der Waals surface area contributed by atoms with E-state index >= 15 is 0 Å². The first-order valence-corrected chi connectivity index (χ1v) is 11.5. The van der Waals surface area contributed by atoms with E-state index in [1.54, 1.807) is 7.11 Å². The lowest BCUT2D eigenvalue weighted by Gasteiger charge is -2.29. The van der Waals surface area contributed by atoms with Crippen LogP contribution in [0.4, 0.5) is 11.4 Å². The summed E-state index contributed by atoms with van der Waals surface area (Å²) >= 11 is 0. The van der Waals surface area contributed by atoms with Gasteiger partial charge in [0.15, 0.2) is 0 Å². The fraction of sp³-hybridized carbons (Fsp3) is 0.480. The zero-order valence-electron chi connectivity index (χ0n) is 19.4. The van der Waals surface area contributed by atoms with Crippen molar-refractivity contribution in [2.45, 2.75) is 18.7 Å². The Balaban J connectivity index is 1.25. The maximum Gasteiger partial charge on any atom is 0.238 e. The number of aliphatic hydroxyl groups excluding tert-OH is 1. The number of morpholine rings is 1. The van der Waals surface area contributed by atoms with Crippen LogP contribution in [-0.2, 0) is 16.1 Å². The predicted molar refractivity (Wildman–Crippen MR) is 129 cm³/mol. The number of amides is 1. The number of β-amino-alcohol motifs (C(OH)–C–C–N with tert-alkyl or cyclic N) is 1. The van der Waals surface area contributed by atoms with Crippen LogP contribution in [0.25, 0.3) is 0 Å². The van der Waals surface area contributed by atoms with Gasteiger partial charge in [-0.2, -0.15) is 0 Å². The molecular weight excluding hydrogens is 420 g/mol. The van der Waals surface area contributed by atoms with Crippen LogP contribution in [0.3, 0.4) is 0 Å². The van der Waals surface area contributed by atoms with E-state index in [-0.39, 0.29) is 18.5 Å². The van der Waals surface area contributed by atoms with Crippen LogP contribution in [-0.4, -0.2) is 93.1 Å². The Morgan fingerprint density at radius 1 is 1.12 bits per heavy atom. The molecule has 8 heteroatoms. The Morgan fingerprint density at radius 3 is 2.48 bits per heavy atom. The molecule has 2 saturated heterocycles. The molecule has 0 radical (unpaired) electrons. The summed E-state index contributed by atoms with van der Waals surface area (Å²) < 4.78 is 10.6. The zero-order valence-corrected chi connectivity index (χ0v) is 19.4. The van der Waals surface area contributed by atoms with E-state index < -0.39 is 6.10 Å². The highest BCUT2D eigenvalue weighted by atomic mass is 16.5. The number of likely N-dealkylation sites (tertiary alicyclic amines) is 1. The van der Waals surface area contributed by atoms with E-state index in [0.29, 0.717) is 13.1 Å².